The van der Waals surface area contributed by atoms with E-state index < -0.39 is 0 Å². The summed E-state index contributed by atoms with van der Waals surface area (Å²) in [4.78, 5) is 0. The quantitative estimate of drug-likeness (QED) is 0.896. The van der Waals surface area contributed by atoms with E-state index in [1.54, 1.807) is 12.1 Å². The van der Waals surface area contributed by atoms with Crippen LogP contribution in [0.1, 0.15) is 17.0 Å². The molecule has 2 rings (SSSR count). The number of halogens is 2. The van der Waals surface area contributed by atoms with Gasteiger partial charge in [0, 0.05) is 16.0 Å². The van der Waals surface area contributed by atoms with E-state index >= 15 is 0 Å². The summed E-state index contributed by atoms with van der Waals surface area (Å²) in [6.07, 6.45) is 0.680. The van der Waals surface area contributed by atoms with Gasteiger partial charge in [0.1, 0.15) is 5.75 Å². The van der Waals surface area contributed by atoms with Gasteiger partial charge in [-0.25, -0.2) is 0 Å². The molecule has 0 fully saturated rings. The lowest BCUT2D eigenvalue weighted by Gasteiger charge is -2.17. The zero-order valence-electron chi connectivity index (χ0n) is 10.3. The summed E-state index contributed by atoms with van der Waals surface area (Å²) in [5, 5.41) is 10.6. The van der Waals surface area contributed by atoms with E-state index in [1.807, 2.05) is 30.3 Å². The van der Waals surface area contributed by atoms with Crippen molar-refractivity contribution >= 4 is 23.2 Å². The zero-order valence-corrected chi connectivity index (χ0v) is 11.8. The first-order chi connectivity index (χ1) is 9.11. The van der Waals surface area contributed by atoms with Crippen LogP contribution in [-0.2, 0) is 6.42 Å². The Hall–Kier alpha value is -1.22. The second-order valence-electron chi connectivity index (χ2n) is 4.43. The average molecular weight is 296 g/mol. The zero-order chi connectivity index (χ0) is 13.8. The van der Waals surface area contributed by atoms with Crippen LogP contribution < -0.4 is 5.73 Å². The van der Waals surface area contributed by atoms with Crippen molar-refractivity contribution in [1.29, 1.82) is 0 Å². The molecule has 0 aliphatic rings. The Morgan fingerprint density at radius 2 is 1.58 bits per heavy atom. The fraction of sp³-hybridized carbons (Fsp3) is 0.200. The minimum absolute atomic E-state index is 0.123. The van der Waals surface area contributed by atoms with Gasteiger partial charge in [-0.15, -0.1) is 0 Å². The molecule has 2 aromatic rings. The molecule has 1 unspecified atom stereocenters. The number of benzene rings is 2. The Labute approximate surface area is 122 Å². The Morgan fingerprint density at radius 1 is 1.00 bits per heavy atom. The third kappa shape index (κ3) is 3.41. The Kier molecular flexibility index (Phi) is 4.70. The maximum Gasteiger partial charge on any atom is 0.115 e. The number of phenolic OH excluding ortho intramolecular Hbond substituents is 1. The molecule has 19 heavy (non-hydrogen) atoms. The first kappa shape index (κ1) is 14.2. The van der Waals surface area contributed by atoms with Crippen molar-refractivity contribution in [3.63, 3.8) is 0 Å². The van der Waals surface area contributed by atoms with Crippen molar-refractivity contribution < 1.29 is 5.11 Å². The fourth-order valence-electron chi connectivity index (χ4n) is 2.06. The lowest BCUT2D eigenvalue weighted by Crippen LogP contribution is -2.15. The van der Waals surface area contributed by atoms with Gasteiger partial charge in [0.2, 0.25) is 0 Å². The van der Waals surface area contributed by atoms with Gasteiger partial charge in [-0.05, 0) is 48.4 Å². The van der Waals surface area contributed by atoms with Gasteiger partial charge in [0.05, 0.1) is 0 Å². The smallest absolute Gasteiger partial charge is 0.115 e. The first-order valence-electron chi connectivity index (χ1n) is 6.03. The van der Waals surface area contributed by atoms with Gasteiger partial charge in [-0.2, -0.15) is 0 Å². The maximum absolute atomic E-state index is 9.32. The third-order valence-corrected chi connectivity index (χ3v) is 3.87. The minimum atomic E-state index is 0.123. The number of hydrogen-bond acceptors (Lipinski definition) is 2. The van der Waals surface area contributed by atoms with Crippen LogP contribution in [0.5, 0.6) is 5.75 Å². The number of rotatable bonds is 4. The highest BCUT2D eigenvalue weighted by Gasteiger charge is 2.15. The molecule has 2 aromatic carbocycles. The van der Waals surface area contributed by atoms with Crippen LogP contribution in [0.4, 0.5) is 0 Å². The normalized spacial score (nSPS) is 12.4. The monoisotopic (exact) mass is 295 g/mol. The molecule has 0 heterocycles. The molecule has 1 atom stereocenters. The van der Waals surface area contributed by atoms with Crippen LogP contribution in [0.15, 0.2) is 42.5 Å². The van der Waals surface area contributed by atoms with E-state index in [0.717, 1.165) is 11.1 Å². The van der Waals surface area contributed by atoms with Crippen LogP contribution in [-0.4, -0.2) is 11.7 Å². The molecular weight excluding hydrogens is 281 g/mol. The summed E-state index contributed by atoms with van der Waals surface area (Å²) in [7, 11) is 0. The summed E-state index contributed by atoms with van der Waals surface area (Å²) in [6, 6.07) is 12.5. The van der Waals surface area contributed by atoms with Crippen molar-refractivity contribution in [1.82, 2.24) is 0 Å². The Morgan fingerprint density at radius 3 is 2.11 bits per heavy atom. The van der Waals surface area contributed by atoms with Gasteiger partial charge < -0.3 is 10.8 Å². The van der Waals surface area contributed by atoms with Crippen molar-refractivity contribution in [2.24, 2.45) is 5.73 Å². The number of phenols is 1. The van der Waals surface area contributed by atoms with Crippen LogP contribution in [0.25, 0.3) is 0 Å². The summed E-state index contributed by atoms with van der Waals surface area (Å²) in [5.41, 5.74) is 7.82. The number of aromatic hydroxyl groups is 1. The third-order valence-electron chi connectivity index (χ3n) is 3.16. The minimum Gasteiger partial charge on any atom is -0.508 e. The molecule has 0 aromatic heterocycles. The van der Waals surface area contributed by atoms with Crippen LogP contribution >= 0.6 is 23.2 Å². The molecule has 0 aliphatic carbocycles. The van der Waals surface area contributed by atoms with Gasteiger partial charge in [-0.3, -0.25) is 0 Å². The van der Waals surface area contributed by atoms with Gasteiger partial charge in [-0.1, -0.05) is 41.4 Å². The van der Waals surface area contributed by atoms with Crippen LogP contribution in [0.2, 0.25) is 10.0 Å². The molecule has 100 valence electrons. The molecule has 0 amide bonds. The standard InChI is InChI=1S/C15H15Cl2NO/c16-14-2-1-3-15(17)13(14)8-11(9-18)10-4-6-12(19)7-5-10/h1-7,11,19H,8-9,18H2. The highest BCUT2D eigenvalue weighted by molar-refractivity contribution is 6.36. The van der Waals surface area contributed by atoms with Gasteiger partial charge in [0.15, 0.2) is 0 Å². The van der Waals surface area contributed by atoms with E-state index in [1.165, 1.54) is 0 Å². The topological polar surface area (TPSA) is 46.2 Å². The lowest BCUT2D eigenvalue weighted by atomic mass is 9.92. The molecule has 0 saturated heterocycles. The first-order valence-corrected chi connectivity index (χ1v) is 6.79. The van der Waals surface area contributed by atoms with E-state index in [-0.39, 0.29) is 11.7 Å². The van der Waals surface area contributed by atoms with Crippen molar-refractivity contribution in [2.75, 3.05) is 6.54 Å². The van der Waals surface area contributed by atoms with Crippen LogP contribution in [0.3, 0.4) is 0 Å². The second-order valence-corrected chi connectivity index (χ2v) is 5.24. The second kappa shape index (κ2) is 6.29. The average Bonchev–Trinajstić information content (AvgIpc) is 2.40. The van der Waals surface area contributed by atoms with E-state index in [0.29, 0.717) is 23.0 Å². The molecule has 0 radical (unpaired) electrons. The SMILES string of the molecule is NCC(Cc1c(Cl)cccc1Cl)c1ccc(O)cc1. The van der Waals surface area contributed by atoms with Crippen molar-refractivity contribution in [2.45, 2.75) is 12.3 Å². The summed E-state index contributed by atoms with van der Waals surface area (Å²) in [6.45, 7) is 0.492. The predicted molar refractivity (Wildman–Crippen MR) is 80.1 cm³/mol. The molecule has 2 nitrogen and oxygen atoms in total. The highest BCUT2D eigenvalue weighted by Crippen LogP contribution is 2.30. The van der Waals surface area contributed by atoms with Gasteiger partial charge >= 0.3 is 0 Å². The summed E-state index contributed by atoms with van der Waals surface area (Å²) >= 11 is 12.4. The Balaban J connectivity index is 2.26. The molecule has 0 spiro atoms. The van der Waals surface area contributed by atoms with Gasteiger partial charge in [0.25, 0.3) is 0 Å². The summed E-state index contributed by atoms with van der Waals surface area (Å²) in [5.74, 6) is 0.369. The molecule has 0 bridgehead atoms. The Bertz CT molecular complexity index is 534. The van der Waals surface area contributed by atoms with Crippen LogP contribution in [0, 0.1) is 0 Å². The lowest BCUT2D eigenvalue weighted by molar-refractivity contribution is 0.475. The molecular formula is C15H15Cl2NO. The number of hydrogen-bond donors (Lipinski definition) is 2. The van der Waals surface area contributed by atoms with E-state index in [4.69, 9.17) is 28.9 Å². The number of nitrogens with two attached hydrogens (primary N) is 1. The van der Waals surface area contributed by atoms with E-state index in [9.17, 15) is 5.11 Å². The molecule has 0 saturated carbocycles. The summed E-state index contributed by atoms with van der Waals surface area (Å²) < 4.78 is 0. The fourth-order valence-corrected chi connectivity index (χ4v) is 2.61. The largest absolute Gasteiger partial charge is 0.508 e. The van der Waals surface area contributed by atoms with Crippen molar-refractivity contribution in [3.8, 4) is 5.75 Å². The molecule has 0 aliphatic heterocycles. The van der Waals surface area contributed by atoms with Crippen molar-refractivity contribution in [3.05, 3.63) is 63.6 Å². The molecule has 3 N–H and O–H groups in total. The highest BCUT2D eigenvalue weighted by atomic mass is 35.5. The van der Waals surface area contributed by atoms with E-state index in [2.05, 4.69) is 0 Å². The predicted octanol–water partition coefficient (Wildman–Crippen LogP) is 3.98. The molecule has 4 heteroatoms. The maximum atomic E-state index is 9.32.